The third-order valence-corrected chi connectivity index (χ3v) is 3.77. The number of aryl methyl sites for hydroxylation is 1. The minimum Gasteiger partial charge on any atom is -0.391 e. The molecule has 1 unspecified atom stereocenters. The first-order valence-corrected chi connectivity index (χ1v) is 6.59. The number of nitrogens with zero attached hydrogens (tertiary/aromatic N) is 2. The minimum atomic E-state index is -0.141. The van der Waals surface area contributed by atoms with Crippen LogP contribution in [0.5, 0.6) is 0 Å². The molecule has 0 saturated carbocycles. The zero-order valence-electron chi connectivity index (χ0n) is 9.18. The molecule has 1 fully saturated rings. The average Bonchev–Trinajstić information content (AvgIpc) is 2.77. The number of anilines is 1. The van der Waals surface area contributed by atoms with Crippen LogP contribution in [-0.2, 0) is 11.2 Å². The zero-order chi connectivity index (χ0) is 11.5. The van der Waals surface area contributed by atoms with E-state index in [1.165, 1.54) is 0 Å². The van der Waals surface area contributed by atoms with Gasteiger partial charge in [0.1, 0.15) is 11.1 Å². The Kier molecular flexibility index (Phi) is 3.73. The van der Waals surface area contributed by atoms with Gasteiger partial charge in [0.2, 0.25) is 0 Å². The zero-order valence-corrected chi connectivity index (χ0v) is 10.8. The van der Waals surface area contributed by atoms with E-state index in [1.54, 1.807) is 11.3 Å². The van der Waals surface area contributed by atoms with Crippen molar-refractivity contribution in [1.29, 1.82) is 0 Å². The number of rotatable bonds is 3. The van der Waals surface area contributed by atoms with Gasteiger partial charge in [-0.3, -0.25) is 0 Å². The number of hydrogen-bond acceptors (Lipinski definition) is 5. The summed E-state index contributed by atoms with van der Waals surface area (Å²) in [6.07, 6.45) is 0.831. The van der Waals surface area contributed by atoms with Crippen molar-refractivity contribution < 1.29 is 4.74 Å². The van der Waals surface area contributed by atoms with Crippen molar-refractivity contribution in [3.8, 4) is 0 Å². The maximum atomic E-state index is 5.60. The number of aromatic nitrogens is 1. The molecule has 2 heterocycles. The molecule has 0 amide bonds. The van der Waals surface area contributed by atoms with Crippen LogP contribution < -0.4 is 10.6 Å². The van der Waals surface area contributed by atoms with Crippen molar-refractivity contribution in [1.82, 2.24) is 4.98 Å². The topological polar surface area (TPSA) is 51.4 Å². The molecule has 0 aliphatic carbocycles. The lowest BCUT2D eigenvalue weighted by atomic mass is 10.3. The van der Waals surface area contributed by atoms with Gasteiger partial charge in [-0.25, -0.2) is 4.98 Å². The Morgan fingerprint density at radius 3 is 3.25 bits per heavy atom. The fourth-order valence-corrected chi connectivity index (χ4v) is 2.69. The maximum absolute atomic E-state index is 5.60. The van der Waals surface area contributed by atoms with Gasteiger partial charge in [-0.1, -0.05) is 19.1 Å². The van der Waals surface area contributed by atoms with Crippen molar-refractivity contribution in [3.05, 3.63) is 11.1 Å². The highest BCUT2D eigenvalue weighted by Gasteiger charge is 2.24. The fraction of sp³-hybridized carbons (Fsp3) is 0.600. The first-order chi connectivity index (χ1) is 7.70. The van der Waals surface area contributed by atoms with Gasteiger partial charge in [0, 0.05) is 11.9 Å². The summed E-state index contributed by atoms with van der Waals surface area (Å²) >= 11 is 6.63. The Bertz CT molecular complexity index is 380. The first-order valence-electron chi connectivity index (χ1n) is 5.31. The number of thiazole rings is 1. The van der Waals surface area contributed by atoms with E-state index in [4.69, 9.17) is 22.7 Å². The lowest BCUT2D eigenvalue weighted by Gasteiger charge is -2.32. The van der Waals surface area contributed by atoms with Crippen molar-refractivity contribution in [3.63, 3.8) is 0 Å². The number of nitrogens with two attached hydrogens (primary N) is 1. The van der Waals surface area contributed by atoms with Crippen LogP contribution in [0.3, 0.4) is 0 Å². The maximum Gasteiger partial charge on any atom is 0.185 e. The smallest absolute Gasteiger partial charge is 0.185 e. The van der Waals surface area contributed by atoms with Gasteiger partial charge in [0.05, 0.1) is 18.8 Å². The predicted molar refractivity (Wildman–Crippen MR) is 70.2 cm³/mol. The van der Waals surface area contributed by atoms with Crippen LogP contribution in [0.2, 0.25) is 0 Å². The van der Waals surface area contributed by atoms with Gasteiger partial charge in [-0.05, 0) is 6.42 Å². The van der Waals surface area contributed by atoms with Gasteiger partial charge in [-0.2, -0.15) is 0 Å². The van der Waals surface area contributed by atoms with Gasteiger partial charge < -0.3 is 15.4 Å². The summed E-state index contributed by atoms with van der Waals surface area (Å²) < 4.78 is 5.49. The molecule has 88 valence electrons. The van der Waals surface area contributed by atoms with Crippen LogP contribution in [0.1, 0.15) is 12.6 Å². The molecular weight excluding hydrogens is 242 g/mol. The molecule has 16 heavy (non-hydrogen) atoms. The Hall–Kier alpha value is -0.720. The molecule has 1 aromatic heterocycles. The molecule has 6 heteroatoms. The Balaban J connectivity index is 2.06. The van der Waals surface area contributed by atoms with E-state index in [0.29, 0.717) is 18.1 Å². The van der Waals surface area contributed by atoms with Crippen molar-refractivity contribution in [2.75, 3.05) is 24.6 Å². The quantitative estimate of drug-likeness (QED) is 0.825. The van der Waals surface area contributed by atoms with E-state index >= 15 is 0 Å². The molecule has 1 atom stereocenters. The minimum absolute atomic E-state index is 0.141. The Labute approximate surface area is 104 Å². The molecular formula is C10H15N3OS2. The highest BCUT2D eigenvalue weighted by atomic mass is 32.1. The average molecular weight is 257 g/mol. The second kappa shape index (κ2) is 5.07. The summed E-state index contributed by atoms with van der Waals surface area (Å²) in [5, 5.41) is 3.14. The highest BCUT2D eigenvalue weighted by Crippen LogP contribution is 2.22. The molecule has 2 rings (SSSR count). The van der Waals surface area contributed by atoms with Gasteiger partial charge in [0.15, 0.2) is 5.13 Å². The number of hydrogen-bond donors (Lipinski definition) is 1. The van der Waals surface area contributed by atoms with Crippen molar-refractivity contribution in [2.24, 2.45) is 5.73 Å². The van der Waals surface area contributed by atoms with E-state index in [1.807, 2.05) is 0 Å². The van der Waals surface area contributed by atoms with Gasteiger partial charge >= 0.3 is 0 Å². The third-order valence-electron chi connectivity index (χ3n) is 2.56. The van der Waals surface area contributed by atoms with Crippen LogP contribution in [-0.4, -0.2) is 35.8 Å². The van der Waals surface area contributed by atoms with Crippen LogP contribution in [0.15, 0.2) is 5.38 Å². The Morgan fingerprint density at radius 2 is 2.62 bits per heavy atom. The third kappa shape index (κ3) is 2.50. The summed E-state index contributed by atoms with van der Waals surface area (Å²) in [5.41, 5.74) is 6.74. The van der Waals surface area contributed by atoms with Crippen molar-refractivity contribution >= 4 is 33.7 Å². The number of thiocarbonyl (C=S) groups is 1. The van der Waals surface area contributed by atoms with E-state index in [-0.39, 0.29) is 6.10 Å². The largest absolute Gasteiger partial charge is 0.391 e. The monoisotopic (exact) mass is 257 g/mol. The van der Waals surface area contributed by atoms with E-state index in [9.17, 15) is 0 Å². The summed E-state index contributed by atoms with van der Waals surface area (Å²) in [4.78, 5) is 7.17. The van der Waals surface area contributed by atoms with Crippen LogP contribution in [0.4, 0.5) is 5.13 Å². The second-order valence-corrected chi connectivity index (χ2v) is 4.99. The summed E-state index contributed by atoms with van der Waals surface area (Å²) in [6, 6.07) is 0. The molecule has 2 N–H and O–H groups in total. The molecule has 0 radical (unpaired) electrons. The van der Waals surface area contributed by atoms with Gasteiger partial charge in [-0.15, -0.1) is 11.3 Å². The van der Waals surface area contributed by atoms with E-state index in [0.717, 1.165) is 23.8 Å². The summed E-state index contributed by atoms with van der Waals surface area (Å²) in [6.45, 7) is 4.33. The second-order valence-electron chi connectivity index (χ2n) is 3.68. The van der Waals surface area contributed by atoms with Crippen LogP contribution in [0.25, 0.3) is 0 Å². The van der Waals surface area contributed by atoms with E-state index in [2.05, 4.69) is 22.2 Å². The summed E-state index contributed by atoms with van der Waals surface area (Å²) in [5.74, 6) is 0. The van der Waals surface area contributed by atoms with Gasteiger partial charge in [0.25, 0.3) is 0 Å². The predicted octanol–water partition coefficient (Wildman–Crippen LogP) is 1.20. The normalized spacial score (nSPS) is 21.1. The number of ether oxygens (including phenoxy) is 1. The molecule has 0 aromatic carbocycles. The van der Waals surface area contributed by atoms with Crippen LogP contribution in [0, 0.1) is 0 Å². The SMILES string of the molecule is CCc1csc(N2CCOC(C(N)=S)C2)n1. The number of morpholine rings is 1. The molecule has 1 aliphatic heterocycles. The molecule has 4 nitrogen and oxygen atoms in total. The van der Waals surface area contributed by atoms with Crippen molar-refractivity contribution in [2.45, 2.75) is 19.4 Å². The lowest BCUT2D eigenvalue weighted by molar-refractivity contribution is 0.0847. The molecule has 0 bridgehead atoms. The molecule has 1 saturated heterocycles. The molecule has 1 aliphatic rings. The van der Waals surface area contributed by atoms with E-state index < -0.39 is 0 Å². The lowest BCUT2D eigenvalue weighted by Crippen LogP contribution is -2.47. The van der Waals surface area contributed by atoms with Crippen LogP contribution >= 0.6 is 23.6 Å². The first kappa shape index (κ1) is 11.8. The molecule has 1 aromatic rings. The molecule has 0 spiro atoms. The standard InChI is InChI=1S/C10H15N3OS2/c1-2-7-6-16-10(12-7)13-3-4-14-8(5-13)9(11)15/h6,8H,2-5H2,1H3,(H2,11,15). The highest BCUT2D eigenvalue weighted by molar-refractivity contribution is 7.80. The fourth-order valence-electron chi connectivity index (χ4n) is 1.60. The Morgan fingerprint density at radius 1 is 1.81 bits per heavy atom. The summed E-state index contributed by atoms with van der Waals surface area (Å²) in [7, 11) is 0.